The molecule has 0 spiro atoms. The third-order valence-corrected chi connectivity index (χ3v) is 8.11. The Hall–Kier alpha value is -4.38. The third kappa shape index (κ3) is 7.96. The van der Waals surface area contributed by atoms with Crippen LogP contribution in [0.25, 0.3) is 10.8 Å². The largest absolute Gasteiger partial charge is 0.467 e. The van der Waals surface area contributed by atoms with Gasteiger partial charge in [0.1, 0.15) is 12.4 Å². The predicted molar refractivity (Wildman–Crippen MR) is 174 cm³/mol. The summed E-state index contributed by atoms with van der Waals surface area (Å²) < 4.78 is 5.47. The van der Waals surface area contributed by atoms with Crippen LogP contribution in [0.5, 0.6) is 6.01 Å². The molecule has 44 heavy (non-hydrogen) atoms. The number of rotatable bonds is 3. The summed E-state index contributed by atoms with van der Waals surface area (Å²) in [6.07, 6.45) is 3.66. The molecular formula is C34H43N7O3. The number of ether oxygens (including phenoxy) is 1. The van der Waals surface area contributed by atoms with Crippen molar-refractivity contribution >= 4 is 28.2 Å². The number of hydrogen-bond acceptors (Lipinski definition) is 9. The first-order chi connectivity index (χ1) is 21.4. The fourth-order valence-corrected chi connectivity index (χ4v) is 5.91. The second-order valence-electron chi connectivity index (χ2n) is 11.1. The van der Waals surface area contributed by atoms with Crippen LogP contribution in [-0.4, -0.2) is 97.4 Å². The van der Waals surface area contributed by atoms with Gasteiger partial charge in [0.25, 0.3) is 5.91 Å². The van der Waals surface area contributed by atoms with Gasteiger partial charge in [-0.3, -0.25) is 4.79 Å². The molecule has 1 N–H and O–H groups in total. The molecule has 2 fully saturated rings. The number of likely N-dealkylation sites (tertiary alicyclic amines) is 1. The second kappa shape index (κ2) is 15.9. The van der Waals surface area contributed by atoms with Crippen LogP contribution in [0.15, 0.2) is 36.4 Å². The van der Waals surface area contributed by atoms with Gasteiger partial charge in [-0.15, -0.1) is 0 Å². The van der Waals surface area contributed by atoms with Crippen molar-refractivity contribution in [1.82, 2.24) is 19.8 Å². The smallest absolute Gasteiger partial charge is 0.318 e. The summed E-state index contributed by atoms with van der Waals surface area (Å²) in [5, 5.41) is 18.7. The molecule has 0 atom stereocenters. The molecule has 3 aromatic rings. The zero-order valence-electron chi connectivity index (χ0n) is 26.3. The number of aliphatic hydroxyl groups excluding tert-OH is 1. The molecule has 0 aliphatic carbocycles. The second-order valence-corrected chi connectivity index (χ2v) is 11.1. The Morgan fingerprint density at radius 2 is 1.68 bits per heavy atom. The van der Waals surface area contributed by atoms with Gasteiger partial charge < -0.3 is 29.4 Å². The fraction of sp³-hybridized carbons (Fsp3) is 0.471. The van der Waals surface area contributed by atoms with Crippen molar-refractivity contribution in [2.24, 2.45) is 0 Å². The van der Waals surface area contributed by atoms with Crippen molar-refractivity contribution in [2.75, 3.05) is 76.4 Å². The Bertz CT molecular complexity index is 1520. The minimum atomic E-state index is -0.312. The van der Waals surface area contributed by atoms with Crippen molar-refractivity contribution in [3.05, 3.63) is 53.2 Å². The number of fused-ring (bicyclic) bond motifs is 2. The molecule has 0 bridgehead atoms. The molecule has 3 aliphatic heterocycles. The minimum Gasteiger partial charge on any atom is -0.467 e. The van der Waals surface area contributed by atoms with E-state index in [0.717, 1.165) is 30.0 Å². The lowest BCUT2D eigenvalue weighted by molar-refractivity contribution is -0.125. The summed E-state index contributed by atoms with van der Waals surface area (Å²) in [6, 6.07) is 15.0. The van der Waals surface area contributed by atoms with Crippen LogP contribution in [0.1, 0.15) is 36.6 Å². The van der Waals surface area contributed by atoms with Crippen LogP contribution >= 0.6 is 0 Å². The van der Waals surface area contributed by atoms with Crippen LogP contribution in [0, 0.1) is 30.1 Å². The van der Waals surface area contributed by atoms with Gasteiger partial charge in [-0.05, 0) is 69.3 Å². The quantitative estimate of drug-likeness (QED) is 0.455. The number of aromatic nitrogens is 2. The number of amides is 1. The van der Waals surface area contributed by atoms with Crippen LogP contribution in [-0.2, 0) is 17.8 Å². The number of piperazine rings is 1. The fourth-order valence-electron chi connectivity index (χ4n) is 5.91. The molecule has 2 aromatic carbocycles. The topological polar surface area (TPSA) is 109 Å². The number of anilines is 2. The van der Waals surface area contributed by atoms with Gasteiger partial charge in [-0.1, -0.05) is 36.3 Å². The van der Waals surface area contributed by atoms with E-state index in [1.807, 2.05) is 0 Å². The van der Waals surface area contributed by atoms with Crippen LogP contribution < -0.4 is 14.5 Å². The number of hydrogen-bond donors (Lipinski definition) is 1. The first-order valence-electron chi connectivity index (χ1n) is 15.2. The molecule has 1 amide bonds. The number of nitriles is 1. The summed E-state index contributed by atoms with van der Waals surface area (Å²) >= 11 is 0. The first kappa shape index (κ1) is 32.5. The van der Waals surface area contributed by atoms with E-state index in [0.29, 0.717) is 38.7 Å². The summed E-state index contributed by atoms with van der Waals surface area (Å²) in [5.41, 5.74) is 4.62. The summed E-state index contributed by atoms with van der Waals surface area (Å²) in [6.45, 7) is 9.91. The number of carbonyl (C=O) groups is 1. The summed E-state index contributed by atoms with van der Waals surface area (Å²) in [4.78, 5) is 30.3. The van der Waals surface area contributed by atoms with E-state index in [1.54, 1.807) is 18.1 Å². The van der Waals surface area contributed by atoms with E-state index in [9.17, 15) is 4.79 Å². The van der Waals surface area contributed by atoms with E-state index < -0.39 is 0 Å². The Morgan fingerprint density at radius 3 is 2.30 bits per heavy atom. The average Bonchev–Trinajstić information content (AvgIpc) is 3.54. The van der Waals surface area contributed by atoms with E-state index in [4.69, 9.17) is 25.1 Å². The number of methoxy groups -OCH3 is 1. The van der Waals surface area contributed by atoms with Crippen LogP contribution in [0.4, 0.5) is 11.5 Å². The van der Waals surface area contributed by atoms with E-state index in [1.165, 1.54) is 54.9 Å². The van der Waals surface area contributed by atoms with Crippen LogP contribution in [0.2, 0.25) is 0 Å². The van der Waals surface area contributed by atoms with E-state index in [2.05, 4.69) is 76.9 Å². The molecule has 0 saturated carbocycles. The van der Waals surface area contributed by atoms with Crippen molar-refractivity contribution in [1.29, 1.82) is 5.26 Å². The van der Waals surface area contributed by atoms with Crippen molar-refractivity contribution in [3.63, 3.8) is 0 Å². The summed E-state index contributed by atoms with van der Waals surface area (Å²) in [5.74, 6) is 5.56. The van der Waals surface area contributed by atoms with Gasteiger partial charge in [-0.25, -0.2) is 0 Å². The molecule has 3 aliphatic rings. The molecule has 2 saturated heterocycles. The molecule has 0 unspecified atom stereocenters. The molecule has 0 radical (unpaired) electrons. The lowest BCUT2D eigenvalue weighted by Gasteiger charge is -2.37. The minimum absolute atomic E-state index is 0.248. The Balaban J connectivity index is 0.000000427. The average molecular weight is 598 g/mol. The number of carbonyl (C=O) groups excluding carboxylic acids is 1. The van der Waals surface area contributed by atoms with Gasteiger partial charge in [0.05, 0.1) is 25.4 Å². The lowest BCUT2D eigenvalue weighted by atomic mass is 9.99. The highest BCUT2D eigenvalue weighted by Gasteiger charge is 2.29. The maximum absolute atomic E-state index is 12.2. The normalized spacial score (nSPS) is 16.0. The molecule has 232 valence electrons. The number of aliphatic hydroxyl groups is 1. The highest BCUT2D eigenvalue weighted by molar-refractivity contribution is 5.97. The van der Waals surface area contributed by atoms with E-state index >= 15 is 0 Å². The van der Waals surface area contributed by atoms with Gasteiger partial charge in [0.2, 0.25) is 0 Å². The van der Waals surface area contributed by atoms with E-state index in [-0.39, 0.29) is 12.5 Å². The number of nitrogens with zero attached hydrogens (tertiary/aromatic N) is 7. The van der Waals surface area contributed by atoms with Gasteiger partial charge in [-0.2, -0.15) is 15.2 Å². The van der Waals surface area contributed by atoms with Gasteiger partial charge in [0.15, 0.2) is 0 Å². The molecule has 1 aromatic heterocycles. The zero-order valence-corrected chi connectivity index (χ0v) is 26.3. The highest BCUT2D eigenvalue weighted by Crippen LogP contribution is 2.35. The maximum atomic E-state index is 12.2. The molecule has 4 heterocycles. The Kier molecular flexibility index (Phi) is 11.8. The SMILES string of the molecule is CC#N.CN1CCCC1.COc1nc2c(c(N3CCN(C(=O)C#CCO)CC3)n1)CCN(c1cccc3cccc(C)c13)C2. The standard InChI is InChI=1S/C27H29N5O3.C5H11N.C2H3N/c1-19-6-3-7-20-8-4-9-23(25(19)20)32-12-11-21-22(18-32)28-27(35-2)29-26(21)31-15-13-30(14-16-31)24(34)10-5-17-33;1-6-4-2-3-5-6;1-2-3/h3-4,6-9,33H,11-18H2,1-2H3;2-5H2,1H3;1H3. The molecule has 10 heteroatoms. The Morgan fingerprint density at radius 1 is 1.00 bits per heavy atom. The zero-order chi connectivity index (χ0) is 31.5. The monoisotopic (exact) mass is 597 g/mol. The van der Waals surface area contributed by atoms with Crippen molar-refractivity contribution in [3.8, 4) is 23.9 Å². The highest BCUT2D eigenvalue weighted by atomic mass is 16.5. The number of aryl methyl sites for hydroxylation is 1. The lowest BCUT2D eigenvalue weighted by Crippen LogP contribution is -2.49. The van der Waals surface area contributed by atoms with Gasteiger partial charge >= 0.3 is 6.01 Å². The first-order valence-corrected chi connectivity index (χ1v) is 15.2. The third-order valence-electron chi connectivity index (χ3n) is 8.11. The maximum Gasteiger partial charge on any atom is 0.318 e. The number of benzene rings is 2. The predicted octanol–water partition coefficient (Wildman–Crippen LogP) is 3.40. The molecule has 6 rings (SSSR count). The van der Waals surface area contributed by atoms with Crippen LogP contribution in [0.3, 0.4) is 0 Å². The summed E-state index contributed by atoms with van der Waals surface area (Å²) in [7, 11) is 3.77. The Labute approximate surface area is 260 Å². The molecular weight excluding hydrogens is 554 g/mol. The van der Waals surface area contributed by atoms with Crippen molar-refractivity contribution < 1.29 is 14.6 Å². The van der Waals surface area contributed by atoms with Gasteiger partial charge in [0, 0.05) is 56.3 Å². The van der Waals surface area contributed by atoms with Crippen molar-refractivity contribution in [2.45, 2.75) is 39.7 Å². The molecule has 10 nitrogen and oxygen atoms in total.